The summed E-state index contributed by atoms with van der Waals surface area (Å²) < 4.78 is 0. The van der Waals surface area contributed by atoms with Crippen molar-refractivity contribution in [1.29, 1.82) is 0 Å². The van der Waals surface area contributed by atoms with E-state index in [2.05, 4.69) is 0 Å². The molecule has 5 aliphatic rings. The van der Waals surface area contributed by atoms with Gasteiger partial charge in [-0.05, 0) is 0 Å². The number of piperazine rings is 1. The zero-order chi connectivity index (χ0) is 16.1. The summed E-state index contributed by atoms with van der Waals surface area (Å²) in [5, 5.41) is 21.0. The second-order valence-corrected chi connectivity index (χ2v) is 5.58. The van der Waals surface area contributed by atoms with Crippen molar-refractivity contribution in [1.82, 2.24) is 10.0 Å². The fourth-order valence-corrected chi connectivity index (χ4v) is 4.15. The molecule has 0 aromatic carbocycles. The Balaban J connectivity index is 2.05. The molecule has 114 valence electrons. The monoisotopic (exact) mass is 310 g/mol. The Kier molecular flexibility index (Phi) is 2.01. The van der Waals surface area contributed by atoms with Crippen LogP contribution in [-0.4, -0.2) is 67.4 Å². The van der Waals surface area contributed by atoms with Crippen molar-refractivity contribution in [2.75, 3.05) is 0 Å². The van der Waals surface area contributed by atoms with Crippen LogP contribution in [0, 0.1) is 32.1 Å². The third-order valence-electron chi connectivity index (χ3n) is 4.84. The predicted molar refractivity (Wildman–Crippen MR) is 59.8 cm³/mol. The van der Waals surface area contributed by atoms with Gasteiger partial charge in [0.15, 0.2) is 57.4 Å². The quantitative estimate of drug-likeness (QED) is 0.292. The van der Waals surface area contributed by atoms with Crippen LogP contribution in [0.1, 0.15) is 0 Å². The lowest BCUT2D eigenvalue weighted by atomic mass is 9.87. The summed E-state index contributed by atoms with van der Waals surface area (Å²) in [6.45, 7) is 0. The molecule has 0 amide bonds. The molecule has 2 aliphatic carbocycles. The first-order valence-electron chi connectivity index (χ1n) is 6.29. The van der Waals surface area contributed by atoms with Gasteiger partial charge >= 0.3 is 0 Å². The van der Waals surface area contributed by atoms with Crippen molar-refractivity contribution >= 4 is 23.1 Å². The van der Waals surface area contributed by atoms with Gasteiger partial charge in [-0.25, -0.2) is 20.2 Å². The molecular weight excluding hydrogens is 304 g/mol. The average Bonchev–Trinajstić information content (AvgIpc) is 2.76. The Morgan fingerprint density at radius 2 is 0.864 bits per heavy atom. The van der Waals surface area contributed by atoms with Gasteiger partial charge in [-0.3, -0.25) is 19.2 Å². The number of hydrogen-bond acceptors (Lipinski definition) is 8. The zero-order valence-electron chi connectivity index (χ0n) is 10.5. The van der Waals surface area contributed by atoms with E-state index in [1.165, 1.54) is 0 Å². The van der Waals surface area contributed by atoms with Gasteiger partial charge in [0.2, 0.25) is 0 Å². The van der Waals surface area contributed by atoms with Crippen LogP contribution in [0.4, 0.5) is 0 Å². The molecule has 0 spiro atoms. The second-order valence-electron chi connectivity index (χ2n) is 5.58. The highest BCUT2D eigenvalue weighted by Crippen LogP contribution is 2.49. The molecule has 0 aromatic rings. The first-order chi connectivity index (χ1) is 10.3. The third-order valence-corrected chi connectivity index (χ3v) is 4.84. The summed E-state index contributed by atoms with van der Waals surface area (Å²) in [6, 6.07) is -6.83. The lowest BCUT2D eigenvalue weighted by Gasteiger charge is -2.39. The number of rotatable bonds is 2. The summed E-state index contributed by atoms with van der Waals surface area (Å²) in [7, 11) is 0. The molecule has 5 rings (SSSR count). The highest BCUT2D eigenvalue weighted by molar-refractivity contribution is 6.28. The highest BCUT2D eigenvalue weighted by atomic mass is 16.7. The van der Waals surface area contributed by atoms with E-state index in [1.54, 1.807) is 0 Å². The Morgan fingerprint density at radius 1 is 0.636 bits per heavy atom. The van der Waals surface area contributed by atoms with E-state index in [0.717, 1.165) is 0 Å². The predicted octanol–water partition coefficient (Wildman–Crippen LogP) is -2.99. The average molecular weight is 310 g/mol. The standard InChI is InChI=1S/C10H6N4O8/c15-7-1-2-9(17)5-6(10(2)18)12(14(21)22)4(8(1)16)3(7)11(5)13(19)20/h1-6H. The maximum absolute atomic E-state index is 12.3. The molecule has 2 saturated carbocycles. The van der Waals surface area contributed by atoms with Crippen LogP contribution >= 0.6 is 0 Å². The van der Waals surface area contributed by atoms with Crippen LogP contribution in [-0.2, 0) is 19.2 Å². The van der Waals surface area contributed by atoms with Crippen LogP contribution in [0.5, 0.6) is 0 Å². The fourth-order valence-electron chi connectivity index (χ4n) is 4.15. The smallest absolute Gasteiger partial charge is 0.182 e. The van der Waals surface area contributed by atoms with E-state index in [0.29, 0.717) is 0 Å². The molecule has 6 bridgehead atoms. The molecule has 12 nitrogen and oxygen atoms in total. The molecule has 5 fully saturated rings. The Hall–Kier alpha value is -2.92. The fraction of sp³-hybridized carbons (Fsp3) is 0.600. The van der Waals surface area contributed by atoms with Crippen molar-refractivity contribution in [3.8, 4) is 0 Å². The summed E-state index contributed by atoms with van der Waals surface area (Å²) in [5.74, 6) is -7.15. The molecule has 0 radical (unpaired) electrons. The van der Waals surface area contributed by atoms with E-state index >= 15 is 0 Å². The number of carbonyl (C=O) groups excluding carboxylic acids is 4. The van der Waals surface area contributed by atoms with Crippen LogP contribution in [0.15, 0.2) is 0 Å². The lowest BCUT2D eigenvalue weighted by molar-refractivity contribution is -0.710. The first-order valence-corrected chi connectivity index (χ1v) is 6.29. The Bertz CT molecular complexity index is 614. The number of hydrogen-bond donors (Lipinski definition) is 0. The van der Waals surface area contributed by atoms with Crippen LogP contribution < -0.4 is 0 Å². The zero-order valence-corrected chi connectivity index (χ0v) is 10.5. The maximum atomic E-state index is 12.3. The summed E-state index contributed by atoms with van der Waals surface area (Å²) >= 11 is 0. The van der Waals surface area contributed by atoms with Gasteiger partial charge in [0.25, 0.3) is 0 Å². The molecule has 4 atom stereocenters. The molecule has 3 aliphatic heterocycles. The molecule has 12 heteroatoms. The largest absolute Gasteiger partial charge is 0.296 e. The van der Waals surface area contributed by atoms with E-state index in [4.69, 9.17) is 0 Å². The van der Waals surface area contributed by atoms with Crippen molar-refractivity contribution in [2.24, 2.45) is 11.8 Å². The van der Waals surface area contributed by atoms with Crippen LogP contribution in [0.25, 0.3) is 0 Å². The van der Waals surface area contributed by atoms with Gasteiger partial charge in [-0.2, -0.15) is 0 Å². The SMILES string of the molecule is O=C1C2C(=O)C3C1N([N+](=O)[O-])C1C(=O)C2C(=O)C1N3[N+](=O)[O-]. The van der Waals surface area contributed by atoms with E-state index in [-0.39, 0.29) is 10.0 Å². The lowest BCUT2D eigenvalue weighted by Crippen LogP contribution is -2.72. The molecular formula is C10H6N4O8. The van der Waals surface area contributed by atoms with E-state index in [9.17, 15) is 39.4 Å². The Labute approximate surface area is 119 Å². The molecule has 0 aromatic heterocycles. The van der Waals surface area contributed by atoms with Gasteiger partial charge in [0.05, 0.1) is 11.8 Å². The van der Waals surface area contributed by atoms with Crippen LogP contribution in [0.2, 0.25) is 0 Å². The minimum absolute atomic E-state index is 0.267. The van der Waals surface area contributed by atoms with Crippen LogP contribution in [0.3, 0.4) is 0 Å². The summed E-state index contributed by atoms with van der Waals surface area (Å²) in [5.41, 5.74) is 0. The van der Waals surface area contributed by atoms with Gasteiger partial charge in [0, 0.05) is 0 Å². The number of hydrazine groups is 2. The van der Waals surface area contributed by atoms with E-state index in [1.807, 2.05) is 0 Å². The number of carbonyl (C=O) groups is 4. The molecule has 3 saturated heterocycles. The molecule has 0 N–H and O–H groups in total. The third kappa shape index (κ3) is 1.04. The second kappa shape index (κ2) is 3.45. The highest BCUT2D eigenvalue weighted by Gasteiger charge is 2.80. The summed E-state index contributed by atoms with van der Waals surface area (Å²) in [6.07, 6.45) is 0. The number of nitro groups is 2. The van der Waals surface area contributed by atoms with Gasteiger partial charge < -0.3 is 0 Å². The maximum Gasteiger partial charge on any atom is 0.182 e. The van der Waals surface area contributed by atoms with Crippen molar-refractivity contribution in [3.63, 3.8) is 0 Å². The minimum atomic E-state index is -1.71. The summed E-state index contributed by atoms with van der Waals surface area (Å²) in [4.78, 5) is 71.7. The normalized spacial score (nSPS) is 41.6. The molecule has 22 heavy (non-hydrogen) atoms. The number of nitrogens with zero attached hydrogens (tertiary/aromatic N) is 4. The first kappa shape index (κ1) is 12.8. The van der Waals surface area contributed by atoms with Gasteiger partial charge in [0.1, 0.15) is 0 Å². The topological polar surface area (TPSA) is 161 Å². The van der Waals surface area contributed by atoms with Gasteiger partial charge in [-0.15, -0.1) is 10.0 Å². The molecule has 4 unspecified atom stereocenters. The minimum Gasteiger partial charge on any atom is -0.296 e. The Morgan fingerprint density at radius 3 is 1.05 bits per heavy atom. The van der Waals surface area contributed by atoms with Crippen molar-refractivity contribution in [3.05, 3.63) is 20.2 Å². The van der Waals surface area contributed by atoms with Gasteiger partial charge in [-0.1, -0.05) is 0 Å². The number of ketones is 4. The number of Topliss-reactive ketones (excluding diaryl/α,β-unsaturated/α-hetero) is 4. The van der Waals surface area contributed by atoms with E-state index < -0.39 is 69.2 Å². The van der Waals surface area contributed by atoms with Crippen molar-refractivity contribution in [2.45, 2.75) is 24.2 Å². The van der Waals surface area contributed by atoms with Crippen molar-refractivity contribution < 1.29 is 29.2 Å². The molecule has 3 heterocycles.